The van der Waals surface area contributed by atoms with Crippen LogP contribution in [0.4, 0.5) is 4.39 Å². The van der Waals surface area contributed by atoms with Gasteiger partial charge in [-0.2, -0.15) is 0 Å². The minimum Gasteiger partial charge on any atom is -0.376 e. The number of halogens is 2. The number of benzene rings is 1. The van der Waals surface area contributed by atoms with Gasteiger partial charge in [0.2, 0.25) is 0 Å². The Morgan fingerprint density at radius 2 is 2.10 bits per heavy atom. The second kappa shape index (κ2) is 7.74. The van der Waals surface area contributed by atoms with Crippen molar-refractivity contribution in [2.45, 2.75) is 38.2 Å². The van der Waals surface area contributed by atoms with Crippen LogP contribution < -0.4 is 5.32 Å². The Balaban J connectivity index is 1.70. The molecule has 1 aliphatic carbocycles. The lowest BCUT2D eigenvalue weighted by Crippen LogP contribution is -2.29. The lowest BCUT2D eigenvalue weighted by Gasteiger charge is -2.22. The number of carbonyl (C=O) groups is 1. The van der Waals surface area contributed by atoms with Crippen molar-refractivity contribution in [3.05, 3.63) is 34.1 Å². The largest absolute Gasteiger partial charge is 0.376 e. The van der Waals surface area contributed by atoms with E-state index in [2.05, 4.69) is 21.2 Å². The first-order valence-electron chi connectivity index (χ1n) is 7.01. The molecule has 1 saturated carbocycles. The number of hydrogen-bond donors (Lipinski definition) is 1. The number of nitrogens with one attached hydrogen (secondary N) is 1. The fourth-order valence-corrected chi connectivity index (χ4v) is 2.61. The van der Waals surface area contributed by atoms with Gasteiger partial charge >= 0.3 is 0 Å². The highest BCUT2D eigenvalue weighted by Gasteiger charge is 2.13. The van der Waals surface area contributed by atoms with E-state index in [9.17, 15) is 9.18 Å². The quantitative estimate of drug-likeness (QED) is 0.828. The summed E-state index contributed by atoms with van der Waals surface area (Å²) in [5, 5.41) is 2.74. The number of rotatable bonds is 5. The van der Waals surface area contributed by atoms with Crippen LogP contribution in [0, 0.1) is 5.82 Å². The van der Waals surface area contributed by atoms with Gasteiger partial charge in [-0.25, -0.2) is 4.39 Å². The van der Waals surface area contributed by atoms with Crippen molar-refractivity contribution in [2.75, 3.05) is 13.2 Å². The number of ether oxygens (including phenoxy) is 1. The molecule has 1 N–H and O–H groups in total. The zero-order valence-electron chi connectivity index (χ0n) is 11.3. The van der Waals surface area contributed by atoms with Crippen LogP contribution in [0.3, 0.4) is 0 Å². The van der Waals surface area contributed by atoms with Crippen LogP contribution in [0.25, 0.3) is 0 Å². The third-order valence-electron chi connectivity index (χ3n) is 3.48. The molecule has 20 heavy (non-hydrogen) atoms. The fourth-order valence-electron chi connectivity index (χ4n) is 2.36. The van der Waals surface area contributed by atoms with Crippen molar-refractivity contribution < 1.29 is 13.9 Å². The van der Waals surface area contributed by atoms with Gasteiger partial charge in [-0.1, -0.05) is 19.3 Å². The standard InChI is InChI=1S/C15H19BrFNO2/c16-13-7-6-11(10-14(13)17)15(19)18-8-9-20-12-4-2-1-3-5-12/h6-7,10,12H,1-5,8-9H2,(H,18,19). The van der Waals surface area contributed by atoms with Gasteiger partial charge in [0.05, 0.1) is 17.2 Å². The van der Waals surface area contributed by atoms with E-state index in [0.717, 1.165) is 12.8 Å². The maximum absolute atomic E-state index is 13.3. The van der Waals surface area contributed by atoms with E-state index in [1.54, 1.807) is 6.07 Å². The van der Waals surface area contributed by atoms with E-state index < -0.39 is 5.82 Å². The minimum absolute atomic E-state index is 0.274. The van der Waals surface area contributed by atoms with Crippen LogP contribution in [0.5, 0.6) is 0 Å². The van der Waals surface area contributed by atoms with Crippen LogP contribution in [-0.2, 0) is 4.74 Å². The van der Waals surface area contributed by atoms with Crippen molar-refractivity contribution in [1.82, 2.24) is 5.32 Å². The summed E-state index contributed by atoms with van der Waals surface area (Å²) in [5.74, 6) is -0.709. The molecule has 1 aromatic carbocycles. The molecule has 1 amide bonds. The Bertz CT molecular complexity index is 461. The van der Waals surface area contributed by atoms with E-state index in [1.807, 2.05) is 0 Å². The van der Waals surface area contributed by atoms with Crippen LogP contribution in [0.2, 0.25) is 0 Å². The molecule has 0 heterocycles. The molecule has 0 radical (unpaired) electrons. The number of carbonyl (C=O) groups excluding carboxylic acids is 1. The van der Waals surface area contributed by atoms with Gasteiger partial charge in [-0.05, 0) is 47.0 Å². The first-order valence-corrected chi connectivity index (χ1v) is 7.81. The molecule has 5 heteroatoms. The first-order chi connectivity index (χ1) is 9.66. The van der Waals surface area contributed by atoms with Gasteiger partial charge in [0, 0.05) is 12.1 Å². The first kappa shape index (κ1) is 15.4. The molecule has 0 spiro atoms. The van der Waals surface area contributed by atoms with Crippen molar-refractivity contribution in [2.24, 2.45) is 0 Å². The third-order valence-corrected chi connectivity index (χ3v) is 4.12. The summed E-state index contributed by atoms with van der Waals surface area (Å²) in [5.41, 5.74) is 0.323. The van der Waals surface area contributed by atoms with Gasteiger partial charge in [0.25, 0.3) is 5.91 Å². The molecular formula is C15H19BrFNO2. The van der Waals surface area contributed by atoms with Crippen molar-refractivity contribution >= 4 is 21.8 Å². The Hall–Kier alpha value is -0.940. The average molecular weight is 344 g/mol. The zero-order chi connectivity index (χ0) is 14.4. The molecule has 0 bridgehead atoms. The van der Waals surface area contributed by atoms with E-state index in [4.69, 9.17) is 4.74 Å². The third kappa shape index (κ3) is 4.56. The molecule has 0 aliphatic heterocycles. The van der Waals surface area contributed by atoms with Crippen LogP contribution >= 0.6 is 15.9 Å². The average Bonchev–Trinajstić information content (AvgIpc) is 2.47. The Labute approximate surface area is 127 Å². The minimum atomic E-state index is -0.434. The molecule has 1 fully saturated rings. The second-order valence-electron chi connectivity index (χ2n) is 5.02. The highest BCUT2D eigenvalue weighted by atomic mass is 79.9. The smallest absolute Gasteiger partial charge is 0.251 e. The predicted molar refractivity (Wildman–Crippen MR) is 79.3 cm³/mol. The Morgan fingerprint density at radius 1 is 1.35 bits per heavy atom. The topological polar surface area (TPSA) is 38.3 Å². The summed E-state index contributed by atoms with van der Waals surface area (Å²) in [6, 6.07) is 4.34. The summed E-state index contributed by atoms with van der Waals surface area (Å²) >= 11 is 3.06. The highest BCUT2D eigenvalue weighted by Crippen LogP contribution is 2.20. The van der Waals surface area contributed by atoms with Crippen LogP contribution in [0.1, 0.15) is 42.5 Å². The molecule has 2 rings (SSSR count). The Kier molecular flexibility index (Phi) is 5.98. The summed E-state index contributed by atoms with van der Waals surface area (Å²) in [6.07, 6.45) is 6.33. The van der Waals surface area contributed by atoms with Crippen LogP contribution in [-0.4, -0.2) is 25.2 Å². The normalized spacial score (nSPS) is 16.1. The van der Waals surface area contributed by atoms with Gasteiger partial charge in [0.15, 0.2) is 0 Å². The molecule has 1 aromatic rings. The van der Waals surface area contributed by atoms with E-state index in [-0.39, 0.29) is 5.91 Å². The molecule has 0 aromatic heterocycles. The fraction of sp³-hybridized carbons (Fsp3) is 0.533. The maximum atomic E-state index is 13.3. The van der Waals surface area contributed by atoms with Gasteiger partial charge in [-0.3, -0.25) is 4.79 Å². The molecule has 3 nitrogen and oxygen atoms in total. The molecule has 0 saturated heterocycles. The molecule has 1 aliphatic rings. The lowest BCUT2D eigenvalue weighted by atomic mass is 9.98. The molecule has 110 valence electrons. The summed E-state index contributed by atoms with van der Waals surface area (Å²) < 4.78 is 19.4. The molecule has 0 unspecified atom stereocenters. The van der Waals surface area contributed by atoms with E-state index in [1.165, 1.54) is 31.4 Å². The highest BCUT2D eigenvalue weighted by molar-refractivity contribution is 9.10. The van der Waals surface area contributed by atoms with E-state index in [0.29, 0.717) is 29.3 Å². The summed E-state index contributed by atoms with van der Waals surface area (Å²) in [7, 11) is 0. The van der Waals surface area contributed by atoms with Gasteiger partial charge < -0.3 is 10.1 Å². The maximum Gasteiger partial charge on any atom is 0.251 e. The summed E-state index contributed by atoms with van der Waals surface area (Å²) in [4.78, 5) is 11.8. The monoisotopic (exact) mass is 343 g/mol. The molecule has 0 atom stereocenters. The number of hydrogen-bond acceptors (Lipinski definition) is 2. The lowest BCUT2D eigenvalue weighted by molar-refractivity contribution is 0.0299. The second-order valence-corrected chi connectivity index (χ2v) is 5.87. The van der Waals surface area contributed by atoms with E-state index >= 15 is 0 Å². The van der Waals surface area contributed by atoms with Gasteiger partial charge in [0.1, 0.15) is 5.82 Å². The molecular weight excluding hydrogens is 325 g/mol. The van der Waals surface area contributed by atoms with Crippen molar-refractivity contribution in [1.29, 1.82) is 0 Å². The van der Waals surface area contributed by atoms with Gasteiger partial charge in [-0.15, -0.1) is 0 Å². The zero-order valence-corrected chi connectivity index (χ0v) is 12.9. The predicted octanol–water partition coefficient (Wildman–Crippen LogP) is 3.67. The van der Waals surface area contributed by atoms with Crippen LogP contribution in [0.15, 0.2) is 22.7 Å². The Morgan fingerprint density at radius 3 is 2.80 bits per heavy atom. The number of amides is 1. The van der Waals surface area contributed by atoms with Crippen molar-refractivity contribution in [3.8, 4) is 0 Å². The SMILES string of the molecule is O=C(NCCOC1CCCCC1)c1ccc(Br)c(F)c1. The van der Waals surface area contributed by atoms with Crippen molar-refractivity contribution in [3.63, 3.8) is 0 Å². The summed E-state index contributed by atoms with van der Waals surface area (Å²) in [6.45, 7) is 0.961.